The minimum absolute atomic E-state index is 0.150. The van der Waals surface area contributed by atoms with Gasteiger partial charge in [-0.25, -0.2) is 0 Å². The number of carboxylic acid groups (broad SMARTS) is 1. The zero-order chi connectivity index (χ0) is 17.6. The van der Waals surface area contributed by atoms with Gasteiger partial charge >= 0.3 is 5.97 Å². The molecule has 25 heavy (non-hydrogen) atoms. The second-order valence-corrected chi connectivity index (χ2v) is 6.14. The number of hydrogen-bond donors (Lipinski definition) is 1. The van der Waals surface area contributed by atoms with E-state index in [1.165, 1.54) is 10.5 Å². The largest absolute Gasteiger partial charge is 0.480 e. The fraction of sp³-hybridized carbons (Fsp3) is 0.300. The smallest absolute Gasteiger partial charge is 0.323 e. The van der Waals surface area contributed by atoms with Crippen LogP contribution in [0.25, 0.3) is 0 Å². The van der Waals surface area contributed by atoms with Crippen LogP contribution >= 0.6 is 0 Å². The standard InChI is InChI=1S/C20H21NO4/c22-19(12-18-17-9-5-4-8-16(17)10-11-25-18)21(14-20(23)24)13-15-6-2-1-3-7-15/h1-9,18H,10-14H2,(H,23,24). The Balaban J connectivity index is 1.73. The van der Waals surface area contributed by atoms with Gasteiger partial charge in [-0.3, -0.25) is 9.59 Å². The molecule has 3 rings (SSSR count). The topological polar surface area (TPSA) is 66.8 Å². The van der Waals surface area contributed by atoms with E-state index in [1.54, 1.807) is 0 Å². The van der Waals surface area contributed by atoms with Gasteiger partial charge in [0.15, 0.2) is 0 Å². The number of aliphatic carboxylic acids is 1. The van der Waals surface area contributed by atoms with Crippen LogP contribution in [0.3, 0.4) is 0 Å². The summed E-state index contributed by atoms with van der Waals surface area (Å²) in [6.07, 6.45) is 0.672. The number of hydrogen-bond acceptors (Lipinski definition) is 3. The van der Waals surface area contributed by atoms with Gasteiger partial charge in [-0.1, -0.05) is 54.6 Å². The van der Waals surface area contributed by atoms with E-state index in [-0.39, 0.29) is 31.5 Å². The number of carboxylic acids is 1. The lowest BCUT2D eigenvalue weighted by Crippen LogP contribution is -2.36. The monoisotopic (exact) mass is 339 g/mol. The van der Waals surface area contributed by atoms with Gasteiger partial charge in [0.05, 0.1) is 19.1 Å². The van der Waals surface area contributed by atoms with E-state index in [4.69, 9.17) is 9.84 Å². The van der Waals surface area contributed by atoms with E-state index in [0.717, 1.165) is 17.5 Å². The minimum Gasteiger partial charge on any atom is -0.480 e. The first-order valence-corrected chi connectivity index (χ1v) is 8.36. The average molecular weight is 339 g/mol. The number of rotatable bonds is 6. The number of carbonyl (C=O) groups is 2. The van der Waals surface area contributed by atoms with Gasteiger partial charge in [0, 0.05) is 6.54 Å². The third kappa shape index (κ3) is 4.45. The van der Waals surface area contributed by atoms with Crippen LogP contribution in [0.15, 0.2) is 54.6 Å². The Hall–Kier alpha value is -2.66. The summed E-state index contributed by atoms with van der Waals surface area (Å²) in [5.74, 6) is -1.23. The van der Waals surface area contributed by atoms with E-state index >= 15 is 0 Å². The molecule has 1 heterocycles. The normalized spacial score (nSPS) is 16.1. The predicted molar refractivity (Wildman–Crippen MR) is 93.0 cm³/mol. The third-order valence-electron chi connectivity index (χ3n) is 4.35. The quantitative estimate of drug-likeness (QED) is 0.879. The molecule has 0 aliphatic carbocycles. The summed E-state index contributed by atoms with van der Waals surface area (Å²) >= 11 is 0. The Labute approximate surface area is 146 Å². The van der Waals surface area contributed by atoms with Gasteiger partial charge in [0.25, 0.3) is 0 Å². The van der Waals surface area contributed by atoms with Crippen molar-refractivity contribution in [2.24, 2.45) is 0 Å². The van der Waals surface area contributed by atoms with Crippen LogP contribution in [0.5, 0.6) is 0 Å². The number of benzene rings is 2. The molecule has 0 radical (unpaired) electrons. The number of carbonyl (C=O) groups excluding carboxylic acids is 1. The maximum absolute atomic E-state index is 12.7. The van der Waals surface area contributed by atoms with Crippen molar-refractivity contribution in [1.29, 1.82) is 0 Å². The van der Waals surface area contributed by atoms with Gasteiger partial charge in [-0.2, -0.15) is 0 Å². The Morgan fingerprint density at radius 2 is 1.80 bits per heavy atom. The molecule has 1 N–H and O–H groups in total. The van der Waals surface area contributed by atoms with E-state index in [9.17, 15) is 9.59 Å². The Morgan fingerprint density at radius 1 is 1.08 bits per heavy atom. The van der Waals surface area contributed by atoms with Crippen molar-refractivity contribution in [3.63, 3.8) is 0 Å². The summed E-state index contributed by atoms with van der Waals surface area (Å²) in [5, 5.41) is 9.15. The van der Waals surface area contributed by atoms with Crippen LogP contribution in [0.4, 0.5) is 0 Å². The number of nitrogens with zero attached hydrogens (tertiary/aromatic N) is 1. The summed E-state index contributed by atoms with van der Waals surface area (Å²) in [6.45, 7) is 0.537. The van der Waals surface area contributed by atoms with Crippen molar-refractivity contribution < 1.29 is 19.4 Å². The second kappa shape index (κ2) is 7.94. The lowest BCUT2D eigenvalue weighted by Gasteiger charge is -2.28. The first-order chi connectivity index (χ1) is 12.1. The minimum atomic E-state index is -1.02. The predicted octanol–water partition coefficient (Wildman–Crippen LogP) is 2.80. The van der Waals surface area contributed by atoms with E-state index in [2.05, 4.69) is 0 Å². The lowest BCUT2D eigenvalue weighted by molar-refractivity contribution is -0.146. The molecule has 1 amide bonds. The first-order valence-electron chi connectivity index (χ1n) is 8.36. The van der Waals surface area contributed by atoms with Gasteiger partial charge in [0.1, 0.15) is 6.54 Å². The zero-order valence-corrected chi connectivity index (χ0v) is 13.9. The molecule has 0 saturated carbocycles. The van der Waals surface area contributed by atoms with Gasteiger partial charge in [0.2, 0.25) is 5.91 Å². The molecular weight excluding hydrogens is 318 g/mol. The summed E-state index contributed by atoms with van der Waals surface area (Å²) in [5.41, 5.74) is 3.12. The number of fused-ring (bicyclic) bond motifs is 1. The van der Waals surface area contributed by atoms with Crippen LogP contribution < -0.4 is 0 Å². The Kier molecular flexibility index (Phi) is 5.46. The molecule has 5 nitrogen and oxygen atoms in total. The molecule has 1 aliphatic rings. The van der Waals surface area contributed by atoms with Gasteiger partial charge in [-0.05, 0) is 23.1 Å². The van der Waals surface area contributed by atoms with E-state index in [0.29, 0.717) is 6.61 Å². The molecule has 0 bridgehead atoms. The highest BCUT2D eigenvalue weighted by Crippen LogP contribution is 2.30. The maximum Gasteiger partial charge on any atom is 0.323 e. The third-order valence-corrected chi connectivity index (χ3v) is 4.35. The molecule has 130 valence electrons. The molecule has 1 aliphatic heterocycles. The molecule has 2 aromatic rings. The fourth-order valence-electron chi connectivity index (χ4n) is 3.13. The van der Waals surface area contributed by atoms with Crippen molar-refractivity contribution in [3.05, 3.63) is 71.3 Å². The molecule has 5 heteroatoms. The molecule has 0 spiro atoms. The fourth-order valence-corrected chi connectivity index (χ4v) is 3.13. The first kappa shape index (κ1) is 17.2. The van der Waals surface area contributed by atoms with Crippen LogP contribution in [-0.2, 0) is 27.3 Å². The van der Waals surface area contributed by atoms with Crippen LogP contribution in [0.1, 0.15) is 29.2 Å². The molecule has 1 atom stereocenters. The summed E-state index contributed by atoms with van der Waals surface area (Å²) in [7, 11) is 0. The maximum atomic E-state index is 12.7. The highest BCUT2D eigenvalue weighted by molar-refractivity contribution is 5.81. The second-order valence-electron chi connectivity index (χ2n) is 6.14. The molecule has 0 aromatic heterocycles. The van der Waals surface area contributed by atoms with Crippen molar-refractivity contribution >= 4 is 11.9 Å². The molecule has 0 saturated heterocycles. The molecule has 1 unspecified atom stereocenters. The Morgan fingerprint density at radius 3 is 2.56 bits per heavy atom. The molecular formula is C20H21NO4. The summed E-state index contributed by atoms with van der Waals surface area (Å²) in [6, 6.07) is 17.3. The van der Waals surface area contributed by atoms with Crippen molar-refractivity contribution in [2.45, 2.75) is 25.5 Å². The van der Waals surface area contributed by atoms with E-state index < -0.39 is 5.97 Å². The molecule has 2 aromatic carbocycles. The number of ether oxygens (including phenoxy) is 1. The lowest BCUT2D eigenvalue weighted by atomic mass is 9.95. The highest BCUT2D eigenvalue weighted by Gasteiger charge is 2.26. The summed E-state index contributed by atoms with van der Waals surface area (Å²) < 4.78 is 5.79. The van der Waals surface area contributed by atoms with Crippen LogP contribution in [-0.4, -0.2) is 35.0 Å². The average Bonchev–Trinajstić information content (AvgIpc) is 2.62. The number of amides is 1. The van der Waals surface area contributed by atoms with Crippen molar-refractivity contribution in [2.75, 3.05) is 13.2 Å². The summed E-state index contributed by atoms with van der Waals surface area (Å²) in [4.78, 5) is 25.3. The SMILES string of the molecule is O=C(O)CN(Cc1ccccc1)C(=O)CC1OCCc2ccccc21. The Bertz CT molecular complexity index is 744. The van der Waals surface area contributed by atoms with Gasteiger partial charge in [-0.15, -0.1) is 0 Å². The highest BCUT2D eigenvalue weighted by atomic mass is 16.5. The van der Waals surface area contributed by atoms with Crippen LogP contribution in [0.2, 0.25) is 0 Å². The molecule has 0 fully saturated rings. The van der Waals surface area contributed by atoms with Gasteiger partial charge < -0.3 is 14.7 Å². The van der Waals surface area contributed by atoms with Crippen LogP contribution in [0, 0.1) is 0 Å². The zero-order valence-electron chi connectivity index (χ0n) is 13.9. The van der Waals surface area contributed by atoms with E-state index in [1.807, 2.05) is 54.6 Å². The van der Waals surface area contributed by atoms with Crippen molar-refractivity contribution in [1.82, 2.24) is 4.90 Å². The van der Waals surface area contributed by atoms with Crippen molar-refractivity contribution in [3.8, 4) is 0 Å².